The summed E-state index contributed by atoms with van der Waals surface area (Å²) in [5, 5.41) is 3.98. The molecule has 1 saturated heterocycles. The average Bonchev–Trinajstić information content (AvgIpc) is 2.71. The molecule has 0 radical (unpaired) electrons. The molecular weight excluding hydrogens is 535 g/mol. The molecule has 1 aromatic rings. The highest BCUT2D eigenvalue weighted by molar-refractivity contribution is 14.0. The minimum absolute atomic E-state index is 0. The first-order valence-corrected chi connectivity index (χ1v) is 12.6. The van der Waals surface area contributed by atoms with Gasteiger partial charge in [0.2, 0.25) is 10.0 Å². The molecule has 1 fully saturated rings. The van der Waals surface area contributed by atoms with E-state index in [1.165, 1.54) is 0 Å². The zero-order valence-corrected chi connectivity index (χ0v) is 22.2. The number of sulfonamides is 1. The largest absolute Gasteiger partial charge is 0.383 e. The molecule has 1 aromatic carbocycles. The van der Waals surface area contributed by atoms with Crippen LogP contribution >= 0.6 is 35.7 Å². The SMILES string of the molecule is CCNC(=NCc1cccc(S(=O)(=O)NCCOC)c1)N1CCSC(C(C)C)C1.I. The number of rotatable bonds is 9. The summed E-state index contributed by atoms with van der Waals surface area (Å²) in [6, 6.07) is 6.95. The van der Waals surface area contributed by atoms with Crippen molar-refractivity contribution in [1.82, 2.24) is 14.9 Å². The molecular formula is C20H35IN4O3S2. The summed E-state index contributed by atoms with van der Waals surface area (Å²) in [7, 11) is -2.01. The third-order valence-corrected chi connectivity index (χ3v) is 7.69. The fourth-order valence-electron chi connectivity index (χ4n) is 3.04. The van der Waals surface area contributed by atoms with Gasteiger partial charge in [0.05, 0.1) is 18.0 Å². The number of guanidine groups is 1. The quantitative estimate of drug-likeness (QED) is 0.206. The van der Waals surface area contributed by atoms with Crippen molar-refractivity contribution in [3.05, 3.63) is 29.8 Å². The Hall–Kier alpha value is -0.560. The molecule has 10 heteroatoms. The Kier molecular flexibility index (Phi) is 12.6. The van der Waals surface area contributed by atoms with Crippen LogP contribution in [0.25, 0.3) is 0 Å². The maximum absolute atomic E-state index is 12.4. The number of benzene rings is 1. The standard InChI is InChI=1S/C20H34N4O3S2.HI/c1-5-21-20(24-10-12-28-19(15-24)16(2)3)22-14-17-7-6-8-18(13-17)29(25,26)23-9-11-27-4;/h6-8,13,16,19,23H,5,9-12,14-15H2,1-4H3,(H,21,22);1H. The van der Waals surface area contributed by atoms with Gasteiger partial charge in [0.1, 0.15) is 0 Å². The Morgan fingerprint density at radius 1 is 1.40 bits per heavy atom. The van der Waals surface area contributed by atoms with Crippen LogP contribution < -0.4 is 10.0 Å². The van der Waals surface area contributed by atoms with E-state index in [-0.39, 0.29) is 35.4 Å². The van der Waals surface area contributed by atoms with Crippen molar-refractivity contribution in [1.29, 1.82) is 0 Å². The second-order valence-electron chi connectivity index (χ2n) is 7.31. The Labute approximate surface area is 202 Å². The molecule has 0 spiro atoms. The zero-order valence-electron chi connectivity index (χ0n) is 18.3. The third-order valence-electron chi connectivity index (χ3n) is 4.69. The van der Waals surface area contributed by atoms with E-state index in [4.69, 9.17) is 9.73 Å². The monoisotopic (exact) mass is 570 g/mol. The number of thioether (sulfide) groups is 1. The molecule has 0 saturated carbocycles. The molecule has 1 heterocycles. The fourth-order valence-corrected chi connectivity index (χ4v) is 5.42. The number of hydrogen-bond acceptors (Lipinski definition) is 5. The Bertz CT molecular complexity index is 775. The summed E-state index contributed by atoms with van der Waals surface area (Å²) in [5.74, 6) is 2.61. The van der Waals surface area contributed by atoms with E-state index in [1.807, 2.05) is 17.8 Å². The highest BCUT2D eigenvalue weighted by Gasteiger charge is 2.24. The predicted molar refractivity (Wildman–Crippen MR) is 136 cm³/mol. The minimum atomic E-state index is -3.55. The third kappa shape index (κ3) is 8.52. The number of ether oxygens (including phenoxy) is 1. The van der Waals surface area contributed by atoms with Gasteiger partial charge in [-0.15, -0.1) is 24.0 Å². The van der Waals surface area contributed by atoms with E-state index >= 15 is 0 Å². The van der Waals surface area contributed by atoms with Gasteiger partial charge in [0.15, 0.2) is 5.96 Å². The minimum Gasteiger partial charge on any atom is -0.383 e. The van der Waals surface area contributed by atoms with Crippen molar-refractivity contribution in [2.24, 2.45) is 10.9 Å². The highest BCUT2D eigenvalue weighted by atomic mass is 127. The Morgan fingerprint density at radius 2 is 2.17 bits per heavy atom. The van der Waals surface area contributed by atoms with Crippen LogP contribution in [0.1, 0.15) is 26.3 Å². The smallest absolute Gasteiger partial charge is 0.240 e. The van der Waals surface area contributed by atoms with Crippen LogP contribution in [-0.2, 0) is 21.3 Å². The van der Waals surface area contributed by atoms with Gasteiger partial charge in [0.25, 0.3) is 0 Å². The van der Waals surface area contributed by atoms with Gasteiger partial charge in [-0.1, -0.05) is 26.0 Å². The molecule has 172 valence electrons. The van der Waals surface area contributed by atoms with Crippen LogP contribution in [0.15, 0.2) is 34.2 Å². The topological polar surface area (TPSA) is 83.0 Å². The van der Waals surface area contributed by atoms with Gasteiger partial charge in [-0.25, -0.2) is 18.1 Å². The van der Waals surface area contributed by atoms with Crippen molar-refractivity contribution in [2.75, 3.05) is 45.6 Å². The summed E-state index contributed by atoms with van der Waals surface area (Å²) in [4.78, 5) is 7.35. The summed E-state index contributed by atoms with van der Waals surface area (Å²) in [5.41, 5.74) is 0.863. The van der Waals surface area contributed by atoms with Gasteiger partial charge in [0, 0.05) is 44.3 Å². The average molecular weight is 571 g/mol. The van der Waals surface area contributed by atoms with Crippen LogP contribution in [0.2, 0.25) is 0 Å². The van der Waals surface area contributed by atoms with Gasteiger partial charge in [-0.2, -0.15) is 11.8 Å². The second kappa shape index (κ2) is 13.8. The second-order valence-corrected chi connectivity index (χ2v) is 10.4. The summed E-state index contributed by atoms with van der Waals surface area (Å²) in [6.07, 6.45) is 0. The fraction of sp³-hybridized carbons (Fsp3) is 0.650. The van der Waals surface area contributed by atoms with Gasteiger partial charge >= 0.3 is 0 Å². The summed E-state index contributed by atoms with van der Waals surface area (Å²) in [6.45, 7) is 10.3. The van der Waals surface area contributed by atoms with E-state index in [0.29, 0.717) is 24.3 Å². The molecule has 1 unspecified atom stereocenters. The highest BCUT2D eigenvalue weighted by Crippen LogP contribution is 2.25. The lowest BCUT2D eigenvalue weighted by atomic mass is 10.1. The van der Waals surface area contributed by atoms with Crippen LogP contribution in [0, 0.1) is 5.92 Å². The normalized spacial score (nSPS) is 17.7. The zero-order chi connectivity index (χ0) is 21.3. The van der Waals surface area contributed by atoms with Crippen molar-refractivity contribution >= 4 is 51.7 Å². The van der Waals surface area contributed by atoms with Crippen LogP contribution in [0.5, 0.6) is 0 Å². The van der Waals surface area contributed by atoms with Crippen molar-refractivity contribution in [3.63, 3.8) is 0 Å². The molecule has 0 amide bonds. The lowest BCUT2D eigenvalue weighted by molar-refractivity contribution is 0.204. The number of hydrogen-bond donors (Lipinski definition) is 2. The summed E-state index contributed by atoms with van der Waals surface area (Å²) < 4.78 is 32.3. The molecule has 7 nitrogen and oxygen atoms in total. The number of aliphatic imine (C=N–C) groups is 1. The molecule has 1 aliphatic heterocycles. The molecule has 2 rings (SSSR count). The van der Waals surface area contributed by atoms with E-state index in [0.717, 1.165) is 36.9 Å². The van der Waals surface area contributed by atoms with Gasteiger partial charge in [-0.3, -0.25) is 0 Å². The maximum Gasteiger partial charge on any atom is 0.240 e. The van der Waals surface area contributed by atoms with Gasteiger partial charge < -0.3 is 15.0 Å². The number of methoxy groups -OCH3 is 1. The lowest BCUT2D eigenvalue weighted by Gasteiger charge is -2.36. The van der Waals surface area contributed by atoms with Crippen LogP contribution in [0.4, 0.5) is 0 Å². The van der Waals surface area contributed by atoms with Gasteiger partial charge in [-0.05, 0) is 30.5 Å². The van der Waals surface area contributed by atoms with Crippen molar-refractivity contribution in [3.8, 4) is 0 Å². The Morgan fingerprint density at radius 3 is 2.83 bits per heavy atom. The van der Waals surface area contributed by atoms with Crippen LogP contribution in [0.3, 0.4) is 0 Å². The number of nitrogens with one attached hydrogen (secondary N) is 2. The van der Waals surface area contributed by atoms with Crippen LogP contribution in [-0.4, -0.2) is 70.2 Å². The molecule has 0 aliphatic carbocycles. The first-order valence-electron chi connectivity index (χ1n) is 10.1. The first-order chi connectivity index (χ1) is 13.9. The Balaban J connectivity index is 0.00000450. The van der Waals surface area contributed by atoms with Crippen molar-refractivity contribution < 1.29 is 13.2 Å². The molecule has 0 bridgehead atoms. The molecule has 2 N–H and O–H groups in total. The molecule has 1 aliphatic rings. The lowest BCUT2D eigenvalue weighted by Crippen LogP contribution is -2.49. The molecule has 30 heavy (non-hydrogen) atoms. The molecule has 0 aromatic heterocycles. The van der Waals surface area contributed by atoms with E-state index < -0.39 is 10.0 Å². The number of halogens is 1. The van der Waals surface area contributed by atoms with Crippen molar-refractivity contribution in [2.45, 2.75) is 37.5 Å². The predicted octanol–water partition coefficient (Wildman–Crippen LogP) is 2.77. The van der Waals surface area contributed by atoms with E-state index in [9.17, 15) is 8.42 Å². The maximum atomic E-state index is 12.4. The van der Waals surface area contributed by atoms with E-state index in [1.54, 1.807) is 25.3 Å². The number of nitrogens with zero attached hydrogens (tertiary/aromatic N) is 2. The molecule has 1 atom stereocenters. The first kappa shape index (κ1) is 27.5. The van der Waals surface area contributed by atoms with E-state index in [2.05, 4.69) is 35.7 Å². The summed E-state index contributed by atoms with van der Waals surface area (Å²) >= 11 is 2.03.